The summed E-state index contributed by atoms with van der Waals surface area (Å²) in [6, 6.07) is 14.4. The van der Waals surface area contributed by atoms with E-state index in [0.29, 0.717) is 32.9 Å². The van der Waals surface area contributed by atoms with Crippen LogP contribution in [0.1, 0.15) is 12.0 Å². The van der Waals surface area contributed by atoms with Gasteiger partial charge in [0.05, 0.1) is 23.1 Å². The first kappa shape index (κ1) is 20.3. The van der Waals surface area contributed by atoms with Gasteiger partial charge in [-0.2, -0.15) is 0 Å². The quantitative estimate of drug-likeness (QED) is 0.522. The van der Waals surface area contributed by atoms with Gasteiger partial charge in [0.15, 0.2) is 5.13 Å². The van der Waals surface area contributed by atoms with Gasteiger partial charge in [0.25, 0.3) is 0 Å². The van der Waals surface area contributed by atoms with E-state index in [1.807, 2.05) is 30.3 Å². The monoisotopic (exact) mass is 434 g/mol. The molecule has 1 heterocycles. The number of rotatable bonds is 7. The Bertz CT molecular complexity index is 992. The molecule has 0 radical (unpaired) electrons. The van der Waals surface area contributed by atoms with Crippen molar-refractivity contribution in [2.45, 2.75) is 12.8 Å². The Balaban J connectivity index is 1.75. The fraction of sp³-hybridized carbons (Fsp3) is 0.150. The fourth-order valence-electron chi connectivity index (χ4n) is 2.72. The number of nitrogens with zero attached hydrogens (tertiary/aromatic N) is 1. The third-order valence-corrected chi connectivity index (χ3v) is 5.38. The molecule has 0 fully saturated rings. The molecule has 0 aliphatic rings. The summed E-state index contributed by atoms with van der Waals surface area (Å²) in [5.41, 5.74) is 2.15. The van der Waals surface area contributed by atoms with Gasteiger partial charge in [-0.3, -0.25) is 9.59 Å². The number of aromatic nitrogens is 1. The lowest BCUT2D eigenvalue weighted by Gasteiger charge is -2.14. The van der Waals surface area contributed by atoms with Crippen LogP contribution in [-0.2, 0) is 16.0 Å². The van der Waals surface area contributed by atoms with Gasteiger partial charge in [0.2, 0.25) is 5.91 Å². The summed E-state index contributed by atoms with van der Waals surface area (Å²) >= 11 is 13.5. The van der Waals surface area contributed by atoms with E-state index in [2.05, 4.69) is 10.3 Å². The van der Waals surface area contributed by atoms with Crippen molar-refractivity contribution < 1.29 is 14.7 Å². The molecule has 0 aliphatic heterocycles. The molecule has 1 atom stereocenters. The molecule has 0 saturated carbocycles. The van der Waals surface area contributed by atoms with Crippen LogP contribution in [-0.4, -0.2) is 22.0 Å². The highest BCUT2D eigenvalue weighted by Crippen LogP contribution is 2.32. The molecule has 0 spiro atoms. The SMILES string of the molecule is O=C(O)CC(Cc1ccccc1)C(=O)Nc1nc(-c2cc(Cl)ccc2Cl)cs1. The number of aliphatic carboxylic acids is 1. The first-order valence-electron chi connectivity index (χ1n) is 8.40. The third kappa shape index (κ3) is 5.32. The highest BCUT2D eigenvalue weighted by Gasteiger charge is 2.23. The molecule has 1 unspecified atom stereocenters. The zero-order valence-electron chi connectivity index (χ0n) is 14.6. The molecule has 2 aromatic carbocycles. The number of anilines is 1. The van der Waals surface area contributed by atoms with Crippen LogP contribution in [0.15, 0.2) is 53.9 Å². The normalized spacial score (nSPS) is 11.8. The summed E-state index contributed by atoms with van der Waals surface area (Å²) in [6.07, 6.45) is 0.0659. The molecular formula is C20H16Cl2N2O3S. The van der Waals surface area contributed by atoms with Crippen molar-refractivity contribution in [2.24, 2.45) is 5.92 Å². The molecule has 8 heteroatoms. The number of halogens is 2. The Labute approximate surface area is 176 Å². The minimum Gasteiger partial charge on any atom is -0.481 e. The van der Waals surface area contributed by atoms with Gasteiger partial charge in [-0.1, -0.05) is 53.5 Å². The number of nitrogens with one attached hydrogen (secondary N) is 1. The van der Waals surface area contributed by atoms with Crippen molar-refractivity contribution in [3.63, 3.8) is 0 Å². The summed E-state index contributed by atoms with van der Waals surface area (Å²) in [7, 11) is 0. The van der Waals surface area contributed by atoms with Crippen molar-refractivity contribution in [1.82, 2.24) is 4.98 Å². The molecule has 5 nitrogen and oxygen atoms in total. The topological polar surface area (TPSA) is 79.3 Å². The van der Waals surface area contributed by atoms with Gasteiger partial charge >= 0.3 is 5.97 Å². The van der Waals surface area contributed by atoms with E-state index in [0.717, 1.165) is 5.56 Å². The molecule has 3 aromatic rings. The van der Waals surface area contributed by atoms with E-state index in [4.69, 9.17) is 28.3 Å². The van der Waals surface area contributed by atoms with Crippen molar-refractivity contribution in [3.05, 3.63) is 69.5 Å². The highest BCUT2D eigenvalue weighted by molar-refractivity contribution is 7.14. The van der Waals surface area contributed by atoms with Crippen LogP contribution in [0.2, 0.25) is 10.0 Å². The zero-order valence-corrected chi connectivity index (χ0v) is 16.9. The third-order valence-electron chi connectivity index (χ3n) is 4.06. The number of hydrogen-bond acceptors (Lipinski definition) is 4. The molecule has 1 aromatic heterocycles. The second kappa shape index (κ2) is 9.19. The lowest BCUT2D eigenvalue weighted by Crippen LogP contribution is -2.27. The van der Waals surface area contributed by atoms with E-state index < -0.39 is 11.9 Å². The summed E-state index contributed by atoms with van der Waals surface area (Å²) < 4.78 is 0. The summed E-state index contributed by atoms with van der Waals surface area (Å²) in [5, 5.41) is 15.1. The van der Waals surface area contributed by atoms with Gasteiger partial charge in [-0.15, -0.1) is 11.3 Å². The number of hydrogen-bond donors (Lipinski definition) is 2. The first-order chi connectivity index (χ1) is 13.4. The van der Waals surface area contributed by atoms with Crippen LogP contribution < -0.4 is 5.32 Å². The molecule has 0 aliphatic carbocycles. The van der Waals surface area contributed by atoms with Gasteiger partial charge in [0.1, 0.15) is 0 Å². The maximum atomic E-state index is 12.7. The Kier molecular flexibility index (Phi) is 6.67. The minimum absolute atomic E-state index is 0.265. The molecule has 1 amide bonds. The number of amides is 1. The molecule has 3 rings (SSSR count). The maximum Gasteiger partial charge on any atom is 0.304 e. The van der Waals surface area contributed by atoms with Crippen LogP contribution in [0.5, 0.6) is 0 Å². The Hall–Kier alpha value is -2.41. The van der Waals surface area contributed by atoms with Crippen molar-refractivity contribution in [3.8, 4) is 11.3 Å². The van der Waals surface area contributed by atoms with E-state index >= 15 is 0 Å². The standard InChI is InChI=1S/C20H16Cl2N2O3S/c21-14-6-7-16(22)15(10-14)17-11-28-20(23-17)24-19(27)13(9-18(25)26)8-12-4-2-1-3-5-12/h1-7,10-11,13H,8-9H2,(H,25,26)(H,23,24,27). The molecule has 0 saturated heterocycles. The van der Waals surface area contributed by atoms with Crippen molar-refractivity contribution >= 4 is 51.5 Å². The predicted octanol–water partition coefficient (Wildman–Crippen LogP) is 5.39. The van der Waals surface area contributed by atoms with Gasteiger partial charge < -0.3 is 10.4 Å². The van der Waals surface area contributed by atoms with Crippen LogP contribution in [0.3, 0.4) is 0 Å². The smallest absolute Gasteiger partial charge is 0.304 e. The Morgan fingerprint density at radius 2 is 1.89 bits per heavy atom. The van der Waals surface area contributed by atoms with Crippen LogP contribution in [0, 0.1) is 5.92 Å². The molecule has 144 valence electrons. The number of benzene rings is 2. The van der Waals surface area contributed by atoms with Crippen LogP contribution in [0.4, 0.5) is 5.13 Å². The predicted molar refractivity (Wildman–Crippen MR) is 112 cm³/mol. The van der Waals surface area contributed by atoms with Crippen LogP contribution in [0.25, 0.3) is 11.3 Å². The summed E-state index contributed by atoms with van der Waals surface area (Å²) in [5.74, 6) is -2.12. The number of carboxylic acids is 1. The Morgan fingerprint density at radius 3 is 2.61 bits per heavy atom. The molecular weight excluding hydrogens is 419 g/mol. The second-order valence-electron chi connectivity index (χ2n) is 6.14. The summed E-state index contributed by atoms with van der Waals surface area (Å²) in [4.78, 5) is 28.2. The largest absolute Gasteiger partial charge is 0.481 e. The van der Waals surface area contributed by atoms with E-state index in [-0.39, 0.29) is 12.3 Å². The van der Waals surface area contributed by atoms with E-state index in [1.165, 1.54) is 11.3 Å². The number of carbonyl (C=O) groups excluding carboxylic acids is 1. The van der Waals surface area contributed by atoms with Gasteiger partial charge in [-0.25, -0.2) is 4.98 Å². The lowest BCUT2D eigenvalue weighted by atomic mass is 9.95. The first-order valence-corrected chi connectivity index (χ1v) is 10.0. The molecule has 2 N–H and O–H groups in total. The van der Waals surface area contributed by atoms with Gasteiger partial charge in [0, 0.05) is 16.0 Å². The van der Waals surface area contributed by atoms with Crippen molar-refractivity contribution in [2.75, 3.05) is 5.32 Å². The molecule has 28 heavy (non-hydrogen) atoms. The van der Waals surface area contributed by atoms with Crippen LogP contribution >= 0.6 is 34.5 Å². The van der Waals surface area contributed by atoms with Crippen molar-refractivity contribution in [1.29, 1.82) is 0 Å². The van der Waals surface area contributed by atoms with Gasteiger partial charge in [-0.05, 0) is 30.2 Å². The maximum absolute atomic E-state index is 12.7. The Morgan fingerprint density at radius 1 is 1.14 bits per heavy atom. The van der Waals surface area contributed by atoms with E-state index in [1.54, 1.807) is 23.6 Å². The average Bonchev–Trinajstić information content (AvgIpc) is 3.12. The molecule has 0 bridgehead atoms. The second-order valence-corrected chi connectivity index (χ2v) is 7.84. The number of carboxylic acid groups (broad SMARTS) is 1. The number of thiazole rings is 1. The van der Waals surface area contributed by atoms with E-state index in [9.17, 15) is 9.59 Å². The zero-order chi connectivity index (χ0) is 20.1. The highest BCUT2D eigenvalue weighted by atomic mass is 35.5. The average molecular weight is 435 g/mol. The number of carbonyl (C=O) groups is 2. The minimum atomic E-state index is -1.03. The lowest BCUT2D eigenvalue weighted by molar-refractivity contribution is -0.140. The fourth-order valence-corrected chi connectivity index (χ4v) is 3.82. The summed E-state index contributed by atoms with van der Waals surface area (Å²) in [6.45, 7) is 0.